The van der Waals surface area contributed by atoms with Crippen molar-refractivity contribution < 1.29 is 4.79 Å². The number of anilines is 1. The van der Waals surface area contributed by atoms with Gasteiger partial charge in [0.15, 0.2) is 0 Å². The zero-order valence-electron chi connectivity index (χ0n) is 12.1. The molecule has 1 saturated carbocycles. The molecule has 21 heavy (non-hydrogen) atoms. The third-order valence-electron chi connectivity index (χ3n) is 4.17. The van der Waals surface area contributed by atoms with Crippen molar-refractivity contribution in [2.45, 2.75) is 38.0 Å². The summed E-state index contributed by atoms with van der Waals surface area (Å²) in [6.07, 6.45) is 9.91. The lowest BCUT2D eigenvalue weighted by atomic mass is 9.84. The van der Waals surface area contributed by atoms with Crippen LogP contribution in [0.1, 0.15) is 53.9 Å². The maximum atomic E-state index is 12.2. The van der Waals surface area contributed by atoms with Gasteiger partial charge in [0.2, 0.25) is 0 Å². The molecule has 1 aliphatic carbocycles. The molecule has 0 bridgehead atoms. The van der Waals surface area contributed by atoms with Crippen molar-refractivity contribution in [3.8, 4) is 0 Å². The molecule has 0 atom stereocenters. The summed E-state index contributed by atoms with van der Waals surface area (Å²) in [5.41, 5.74) is 2.78. The second-order valence-corrected chi connectivity index (χ2v) is 5.65. The highest BCUT2D eigenvalue weighted by molar-refractivity contribution is 6.04. The number of benzene rings is 1. The summed E-state index contributed by atoms with van der Waals surface area (Å²) in [7, 11) is 0. The van der Waals surface area contributed by atoms with Gasteiger partial charge >= 0.3 is 0 Å². The Kier molecular flexibility index (Phi) is 4.29. The number of hydrogen-bond donors (Lipinski definition) is 1. The summed E-state index contributed by atoms with van der Waals surface area (Å²) >= 11 is 0. The lowest BCUT2D eigenvalue weighted by Crippen LogP contribution is -2.12. The normalized spacial score (nSPS) is 15.6. The highest BCUT2D eigenvalue weighted by Crippen LogP contribution is 2.32. The Morgan fingerprint density at radius 2 is 1.81 bits per heavy atom. The van der Waals surface area contributed by atoms with Crippen LogP contribution in [0, 0.1) is 0 Å². The monoisotopic (exact) mass is 280 g/mol. The average Bonchev–Trinajstić information content (AvgIpc) is 2.57. The third-order valence-corrected chi connectivity index (χ3v) is 4.17. The van der Waals surface area contributed by atoms with Crippen LogP contribution in [0.3, 0.4) is 0 Å². The van der Waals surface area contributed by atoms with E-state index in [0.29, 0.717) is 11.5 Å². The van der Waals surface area contributed by atoms with Crippen molar-refractivity contribution in [1.82, 2.24) is 4.98 Å². The predicted octanol–water partition coefficient (Wildman–Crippen LogP) is 4.38. The molecule has 3 heteroatoms. The molecule has 0 saturated heterocycles. The van der Waals surface area contributed by atoms with Gasteiger partial charge in [-0.05, 0) is 48.6 Å². The molecule has 0 radical (unpaired) electrons. The minimum absolute atomic E-state index is 0.0850. The van der Waals surface area contributed by atoms with E-state index in [0.717, 1.165) is 5.69 Å². The summed E-state index contributed by atoms with van der Waals surface area (Å²) < 4.78 is 0. The Morgan fingerprint density at radius 1 is 1.05 bits per heavy atom. The number of carbonyl (C=O) groups is 1. The van der Waals surface area contributed by atoms with Gasteiger partial charge in [0.1, 0.15) is 0 Å². The highest BCUT2D eigenvalue weighted by atomic mass is 16.1. The van der Waals surface area contributed by atoms with Crippen LogP contribution >= 0.6 is 0 Å². The van der Waals surface area contributed by atoms with Gasteiger partial charge in [-0.15, -0.1) is 0 Å². The number of nitrogens with zero attached hydrogens (tertiary/aromatic N) is 1. The summed E-state index contributed by atoms with van der Waals surface area (Å²) in [6.45, 7) is 0. The van der Waals surface area contributed by atoms with Gasteiger partial charge in [0.05, 0.1) is 11.9 Å². The molecule has 2 aromatic rings. The molecule has 108 valence electrons. The Morgan fingerprint density at radius 3 is 2.48 bits per heavy atom. The van der Waals surface area contributed by atoms with Crippen molar-refractivity contribution in [3.63, 3.8) is 0 Å². The lowest BCUT2D eigenvalue weighted by Gasteiger charge is -2.22. The van der Waals surface area contributed by atoms with E-state index >= 15 is 0 Å². The van der Waals surface area contributed by atoms with Gasteiger partial charge in [-0.1, -0.05) is 31.4 Å². The minimum Gasteiger partial charge on any atom is -0.321 e. The van der Waals surface area contributed by atoms with Crippen molar-refractivity contribution >= 4 is 11.6 Å². The van der Waals surface area contributed by atoms with Crippen molar-refractivity contribution in [2.75, 3.05) is 5.32 Å². The molecule has 0 spiro atoms. The number of aromatic nitrogens is 1. The van der Waals surface area contributed by atoms with E-state index in [9.17, 15) is 4.79 Å². The fraction of sp³-hybridized carbons (Fsp3) is 0.333. The molecule has 3 rings (SSSR count). The maximum absolute atomic E-state index is 12.2. The Balaban J connectivity index is 1.67. The highest BCUT2D eigenvalue weighted by Gasteiger charge is 2.15. The fourth-order valence-electron chi connectivity index (χ4n) is 2.98. The van der Waals surface area contributed by atoms with E-state index in [1.807, 2.05) is 24.3 Å². The number of rotatable bonds is 3. The van der Waals surface area contributed by atoms with E-state index in [1.54, 1.807) is 12.4 Å². The number of nitrogens with one attached hydrogen (secondary N) is 1. The zero-order valence-corrected chi connectivity index (χ0v) is 12.1. The lowest BCUT2D eigenvalue weighted by molar-refractivity contribution is 0.102. The van der Waals surface area contributed by atoms with Gasteiger partial charge in [0, 0.05) is 11.8 Å². The van der Waals surface area contributed by atoms with Gasteiger partial charge in [-0.2, -0.15) is 0 Å². The SMILES string of the molecule is O=C(Nc1cccnc1)c1ccc(C2CCCCC2)cc1. The number of amides is 1. The van der Waals surface area contributed by atoms with Crippen LogP contribution in [0.5, 0.6) is 0 Å². The Bertz CT molecular complexity index is 586. The topological polar surface area (TPSA) is 42.0 Å². The van der Waals surface area contributed by atoms with Crippen LogP contribution in [-0.2, 0) is 0 Å². The minimum atomic E-state index is -0.0850. The third kappa shape index (κ3) is 3.48. The van der Waals surface area contributed by atoms with Crippen molar-refractivity contribution in [1.29, 1.82) is 0 Å². The average molecular weight is 280 g/mol. The van der Waals surface area contributed by atoms with Gasteiger partial charge in [0.25, 0.3) is 5.91 Å². The number of pyridine rings is 1. The molecule has 3 nitrogen and oxygen atoms in total. The largest absolute Gasteiger partial charge is 0.321 e. The molecular formula is C18H20N2O. The van der Waals surface area contributed by atoms with Crippen molar-refractivity contribution in [3.05, 3.63) is 59.9 Å². The summed E-state index contributed by atoms with van der Waals surface area (Å²) in [6, 6.07) is 11.7. The molecule has 1 aliphatic rings. The van der Waals surface area contributed by atoms with Crippen LogP contribution in [0.2, 0.25) is 0 Å². The molecular weight excluding hydrogens is 260 g/mol. The van der Waals surface area contributed by atoms with E-state index in [2.05, 4.69) is 22.4 Å². The molecule has 1 amide bonds. The van der Waals surface area contributed by atoms with E-state index in [1.165, 1.54) is 37.7 Å². The molecule has 1 fully saturated rings. The number of carbonyl (C=O) groups excluding carboxylic acids is 1. The standard InChI is InChI=1S/C18H20N2O/c21-18(20-17-7-4-12-19-13-17)16-10-8-15(9-11-16)14-5-2-1-3-6-14/h4,7-14H,1-3,5-6H2,(H,20,21). The van der Waals surface area contributed by atoms with Crippen LogP contribution in [0.25, 0.3) is 0 Å². The maximum Gasteiger partial charge on any atom is 0.255 e. The summed E-state index contributed by atoms with van der Waals surface area (Å²) in [5.74, 6) is 0.590. The Labute approximate surface area is 125 Å². The van der Waals surface area contributed by atoms with E-state index in [4.69, 9.17) is 0 Å². The summed E-state index contributed by atoms with van der Waals surface area (Å²) in [5, 5.41) is 2.86. The first-order valence-electron chi connectivity index (χ1n) is 7.64. The van der Waals surface area contributed by atoms with Gasteiger partial charge in [-0.3, -0.25) is 9.78 Å². The second-order valence-electron chi connectivity index (χ2n) is 5.65. The summed E-state index contributed by atoms with van der Waals surface area (Å²) in [4.78, 5) is 16.2. The van der Waals surface area contributed by atoms with Crippen molar-refractivity contribution in [2.24, 2.45) is 0 Å². The molecule has 1 N–H and O–H groups in total. The molecule has 1 aromatic carbocycles. The first-order valence-corrected chi connectivity index (χ1v) is 7.64. The zero-order chi connectivity index (χ0) is 14.5. The van der Waals surface area contributed by atoms with E-state index in [-0.39, 0.29) is 5.91 Å². The number of hydrogen-bond acceptors (Lipinski definition) is 2. The molecule has 0 unspecified atom stereocenters. The van der Waals surface area contributed by atoms with Gasteiger partial charge < -0.3 is 5.32 Å². The first-order chi connectivity index (χ1) is 10.3. The molecule has 1 heterocycles. The fourth-order valence-corrected chi connectivity index (χ4v) is 2.98. The van der Waals surface area contributed by atoms with Crippen LogP contribution < -0.4 is 5.32 Å². The van der Waals surface area contributed by atoms with Gasteiger partial charge in [-0.25, -0.2) is 0 Å². The van der Waals surface area contributed by atoms with Crippen LogP contribution in [0.15, 0.2) is 48.8 Å². The van der Waals surface area contributed by atoms with Crippen LogP contribution in [-0.4, -0.2) is 10.9 Å². The first kappa shape index (κ1) is 13.8. The molecule has 1 aromatic heterocycles. The second kappa shape index (κ2) is 6.53. The Hall–Kier alpha value is -2.16. The quantitative estimate of drug-likeness (QED) is 0.906. The van der Waals surface area contributed by atoms with E-state index < -0.39 is 0 Å². The predicted molar refractivity (Wildman–Crippen MR) is 84.5 cm³/mol. The molecule has 0 aliphatic heterocycles. The van der Waals surface area contributed by atoms with Crippen LogP contribution in [0.4, 0.5) is 5.69 Å². The smallest absolute Gasteiger partial charge is 0.255 e.